The van der Waals surface area contributed by atoms with Gasteiger partial charge in [0.05, 0.1) is 0 Å². The van der Waals surface area contributed by atoms with Gasteiger partial charge in [0.2, 0.25) is 0 Å². The van der Waals surface area contributed by atoms with Crippen molar-refractivity contribution in [1.82, 2.24) is 0 Å². The van der Waals surface area contributed by atoms with Crippen LogP contribution in [-0.2, 0) is 0 Å². The molecule has 0 aliphatic heterocycles. The van der Waals surface area contributed by atoms with E-state index in [-0.39, 0.29) is 0 Å². The van der Waals surface area contributed by atoms with Gasteiger partial charge in [-0.3, -0.25) is 0 Å². The Morgan fingerprint density at radius 3 is 2.18 bits per heavy atom. The minimum Gasteiger partial charge on any atom is -0.0620 e. The van der Waals surface area contributed by atoms with Crippen LogP contribution in [0.1, 0.15) is 27.2 Å². The van der Waals surface area contributed by atoms with Crippen LogP contribution in [-0.4, -0.2) is 0 Å². The van der Waals surface area contributed by atoms with Gasteiger partial charge >= 0.3 is 0 Å². The Morgan fingerprint density at radius 1 is 0.727 bits per heavy atom. The number of hydrogen-bond donors (Lipinski definition) is 0. The Labute approximate surface area is 69.4 Å². The lowest BCUT2D eigenvalue weighted by Gasteiger charge is -2.24. The molecule has 3 fully saturated rings. The van der Waals surface area contributed by atoms with E-state index >= 15 is 0 Å². The summed E-state index contributed by atoms with van der Waals surface area (Å²) in [4.78, 5) is 0. The molecule has 0 heterocycles. The van der Waals surface area contributed by atoms with Crippen LogP contribution in [0.3, 0.4) is 0 Å². The van der Waals surface area contributed by atoms with Crippen LogP contribution >= 0.6 is 0 Å². The molecule has 1 unspecified atom stereocenters. The molecule has 0 heteroatoms. The lowest BCUT2D eigenvalue weighted by Crippen LogP contribution is -2.18. The molecule has 3 aliphatic carbocycles. The van der Waals surface area contributed by atoms with E-state index in [0.717, 1.165) is 29.6 Å². The average molecular weight is 150 g/mol. The second-order valence-corrected chi connectivity index (χ2v) is 5.30. The minimum atomic E-state index is 1.04. The first-order valence-electron chi connectivity index (χ1n) is 5.22. The third-order valence-corrected chi connectivity index (χ3v) is 5.02. The van der Waals surface area contributed by atoms with E-state index in [0.29, 0.717) is 0 Å². The van der Waals surface area contributed by atoms with Crippen LogP contribution in [0, 0.1) is 41.4 Å². The first-order valence-corrected chi connectivity index (χ1v) is 5.22. The highest BCUT2D eigenvalue weighted by Gasteiger charge is 2.66. The Morgan fingerprint density at radius 2 is 1.45 bits per heavy atom. The highest BCUT2D eigenvalue weighted by molar-refractivity contribution is 5.14. The molecule has 3 aliphatic rings. The molecule has 3 rings (SSSR count). The van der Waals surface area contributed by atoms with Gasteiger partial charge in [0.25, 0.3) is 0 Å². The van der Waals surface area contributed by atoms with E-state index in [1.54, 1.807) is 6.42 Å². The van der Waals surface area contributed by atoms with Gasteiger partial charge in [0.1, 0.15) is 0 Å². The van der Waals surface area contributed by atoms with Gasteiger partial charge in [-0.2, -0.15) is 0 Å². The van der Waals surface area contributed by atoms with Crippen molar-refractivity contribution in [3.63, 3.8) is 0 Å². The summed E-state index contributed by atoms with van der Waals surface area (Å²) in [7, 11) is 0. The number of hydrogen-bond acceptors (Lipinski definition) is 0. The monoisotopic (exact) mass is 150 g/mol. The normalized spacial score (nSPS) is 71.7. The number of rotatable bonds is 0. The van der Waals surface area contributed by atoms with Gasteiger partial charge in [-0.1, -0.05) is 20.8 Å². The van der Waals surface area contributed by atoms with Crippen molar-refractivity contribution in [2.45, 2.75) is 27.2 Å². The van der Waals surface area contributed by atoms with E-state index in [2.05, 4.69) is 20.8 Å². The van der Waals surface area contributed by atoms with Crippen LogP contribution < -0.4 is 0 Å². The first kappa shape index (κ1) is 6.51. The van der Waals surface area contributed by atoms with Crippen LogP contribution in [0.15, 0.2) is 0 Å². The molecule has 0 nitrogen and oxygen atoms in total. The Bertz CT molecular complexity index is 186. The van der Waals surface area contributed by atoms with Gasteiger partial charge in [0, 0.05) is 0 Å². The van der Waals surface area contributed by atoms with Gasteiger partial charge in [0.15, 0.2) is 0 Å². The highest BCUT2D eigenvalue weighted by atomic mass is 14.7. The zero-order valence-corrected chi connectivity index (χ0v) is 7.75. The van der Waals surface area contributed by atoms with E-state index < -0.39 is 0 Å². The molecule has 0 saturated heterocycles. The third kappa shape index (κ3) is 0.625. The Hall–Kier alpha value is 0. The van der Waals surface area contributed by atoms with Crippen molar-refractivity contribution in [2.24, 2.45) is 41.4 Å². The van der Waals surface area contributed by atoms with Gasteiger partial charge in [-0.05, 0) is 47.8 Å². The summed E-state index contributed by atoms with van der Waals surface area (Å²) >= 11 is 0. The fourth-order valence-corrected chi connectivity index (χ4v) is 4.05. The predicted octanol–water partition coefficient (Wildman–Crippen LogP) is 2.79. The molecule has 0 radical (unpaired) electrons. The maximum absolute atomic E-state index is 2.49. The van der Waals surface area contributed by atoms with Crippen molar-refractivity contribution in [3.05, 3.63) is 0 Å². The van der Waals surface area contributed by atoms with Crippen molar-refractivity contribution in [1.29, 1.82) is 0 Å². The smallest absolute Gasteiger partial charge is 0.0321 e. The summed E-state index contributed by atoms with van der Waals surface area (Å²) in [5.41, 5.74) is 0. The van der Waals surface area contributed by atoms with E-state index in [1.165, 1.54) is 11.8 Å². The van der Waals surface area contributed by atoms with Crippen molar-refractivity contribution in [3.8, 4) is 0 Å². The van der Waals surface area contributed by atoms with Crippen LogP contribution in [0.5, 0.6) is 0 Å². The summed E-state index contributed by atoms with van der Waals surface area (Å²) in [5.74, 6) is 7.81. The van der Waals surface area contributed by atoms with Crippen molar-refractivity contribution >= 4 is 0 Å². The predicted molar refractivity (Wildman–Crippen MR) is 46.1 cm³/mol. The van der Waals surface area contributed by atoms with Crippen LogP contribution in [0.4, 0.5) is 0 Å². The van der Waals surface area contributed by atoms with Crippen LogP contribution in [0.2, 0.25) is 0 Å². The topological polar surface area (TPSA) is 0 Å². The Balaban J connectivity index is 1.89. The molecule has 7 atom stereocenters. The van der Waals surface area contributed by atoms with Crippen molar-refractivity contribution in [2.75, 3.05) is 0 Å². The quantitative estimate of drug-likeness (QED) is 0.498. The largest absolute Gasteiger partial charge is 0.0620 e. The summed E-state index contributed by atoms with van der Waals surface area (Å²) < 4.78 is 0. The molecular formula is C11H18. The Kier molecular flexibility index (Phi) is 0.990. The molecule has 62 valence electrons. The standard InChI is InChI=1S/C11H18/c1-5-6(2)10-7(3)11(10)9-4-8(5)9/h5-11H,4H2,1-3H3/t5-,6+,7+,8+,9?,10-,11-/m0/s1. The molecule has 0 aromatic rings. The molecule has 0 spiro atoms. The molecule has 0 bridgehead atoms. The summed E-state index contributed by atoms with van der Waals surface area (Å²) in [6.45, 7) is 7.44. The second kappa shape index (κ2) is 1.67. The lowest BCUT2D eigenvalue weighted by molar-refractivity contribution is 0.241. The summed E-state index contributed by atoms with van der Waals surface area (Å²) in [6, 6.07) is 0. The number of fused-ring (bicyclic) bond motifs is 3. The lowest BCUT2D eigenvalue weighted by atomic mass is 9.81. The van der Waals surface area contributed by atoms with E-state index in [1.807, 2.05) is 0 Å². The second-order valence-electron chi connectivity index (χ2n) is 5.30. The first-order chi connectivity index (χ1) is 5.22. The average Bonchev–Trinajstić information content (AvgIpc) is 2.78. The molecular weight excluding hydrogens is 132 g/mol. The fraction of sp³-hybridized carbons (Fsp3) is 1.00. The fourth-order valence-electron chi connectivity index (χ4n) is 4.05. The van der Waals surface area contributed by atoms with Gasteiger partial charge < -0.3 is 0 Å². The van der Waals surface area contributed by atoms with E-state index in [4.69, 9.17) is 0 Å². The highest BCUT2D eigenvalue weighted by Crippen LogP contribution is 2.71. The maximum atomic E-state index is 2.49. The molecule has 0 aromatic heterocycles. The van der Waals surface area contributed by atoms with Crippen LogP contribution in [0.25, 0.3) is 0 Å². The zero-order valence-electron chi connectivity index (χ0n) is 7.75. The summed E-state index contributed by atoms with van der Waals surface area (Å²) in [6.07, 6.45) is 1.58. The van der Waals surface area contributed by atoms with Gasteiger partial charge in [-0.25, -0.2) is 0 Å². The maximum Gasteiger partial charge on any atom is -0.0321 e. The van der Waals surface area contributed by atoms with Crippen molar-refractivity contribution < 1.29 is 0 Å². The molecule has 3 saturated carbocycles. The van der Waals surface area contributed by atoms with Gasteiger partial charge in [-0.15, -0.1) is 0 Å². The molecule has 0 aromatic carbocycles. The molecule has 0 amide bonds. The zero-order chi connectivity index (χ0) is 7.75. The molecule has 0 N–H and O–H groups in total. The summed E-state index contributed by atoms with van der Waals surface area (Å²) in [5, 5.41) is 0. The SMILES string of the molecule is C[C@@H]1[C@H](C)[C@H]2CC2[C@@H]2[C@H](C)[C@H]12. The third-order valence-electron chi connectivity index (χ3n) is 5.02. The van der Waals surface area contributed by atoms with E-state index in [9.17, 15) is 0 Å². The minimum absolute atomic E-state index is 1.04. The molecule has 11 heavy (non-hydrogen) atoms.